The van der Waals surface area contributed by atoms with E-state index in [4.69, 9.17) is 4.74 Å². The summed E-state index contributed by atoms with van der Waals surface area (Å²) >= 11 is 0. The van der Waals surface area contributed by atoms with Gasteiger partial charge < -0.3 is 14.8 Å². The van der Waals surface area contributed by atoms with Crippen molar-refractivity contribution < 1.29 is 9.84 Å². The Labute approximate surface area is 94.7 Å². The summed E-state index contributed by atoms with van der Waals surface area (Å²) in [6, 6.07) is 11.2. The molecule has 1 aromatic carbocycles. The molecular weight excluding hydrogens is 202 g/mol. The first kappa shape index (κ1) is 10.8. The van der Waals surface area contributed by atoms with Crippen molar-refractivity contribution in [1.82, 2.24) is 4.98 Å². The van der Waals surface area contributed by atoms with Crippen LogP contribution in [0.5, 0.6) is 5.75 Å². The van der Waals surface area contributed by atoms with E-state index in [1.54, 1.807) is 6.20 Å². The zero-order valence-corrected chi connectivity index (χ0v) is 9.18. The molecule has 1 heterocycles. The first-order chi connectivity index (χ1) is 7.83. The Kier molecular flexibility index (Phi) is 3.27. The van der Waals surface area contributed by atoms with Gasteiger partial charge in [-0.1, -0.05) is 18.2 Å². The van der Waals surface area contributed by atoms with Crippen molar-refractivity contribution in [2.45, 2.75) is 13.0 Å². The van der Waals surface area contributed by atoms with Crippen molar-refractivity contribution in [2.75, 3.05) is 6.61 Å². The Balaban J connectivity index is 2.32. The molecule has 1 aromatic heterocycles. The Morgan fingerprint density at radius 1 is 1.25 bits per heavy atom. The van der Waals surface area contributed by atoms with E-state index >= 15 is 0 Å². The number of hydrogen-bond acceptors (Lipinski definition) is 2. The number of para-hydroxylation sites is 1. The monoisotopic (exact) mass is 217 g/mol. The maximum atomic E-state index is 10.2. The third-order valence-corrected chi connectivity index (χ3v) is 2.43. The van der Waals surface area contributed by atoms with Crippen molar-refractivity contribution in [3.05, 3.63) is 53.9 Å². The molecule has 1 atom stereocenters. The lowest BCUT2D eigenvalue weighted by atomic mass is 10.1. The standard InChI is InChI=1S/C13H15NO2/c1-2-16-12-8-4-3-6-10(12)13(15)11-7-5-9-14-11/h3-9,13-15H,2H2,1H3. The number of aromatic nitrogens is 1. The Bertz CT molecular complexity index is 437. The van der Waals surface area contributed by atoms with Crippen LogP contribution < -0.4 is 4.74 Å². The molecule has 3 nitrogen and oxygen atoms in total. The molecule has 0 fully saturated rings. The van der Waals surface area contributed by atoms with Gasteiger partial charge in [-0.2, -0.15) is 0 Å². The molecule has 0 bridgehead atoms. The van der Waals surface area contributed by atoms with Crippen LogP contribution in [0.2, 0.25) is 0 Å². The van der Waals surface area contributed by atoms with Gasteiger partial charge in [-0.05, 0) is 25.1 Å². The van der Waals surface area contributed by atoms with Gasteiger partial charge >= 0.3 is 0 Å². The zero-order valence-electron chi connectivity index (χ0n) is 9.18. The highest BCUT2D eigenvalue weighted by Crippen LogP contribution is 2.28. The van der Waals surface area contributed by atoms with E-state index in [1.165, 1.54) is 0 Å². The van der Waals surface area contributed by atoms with Crippen LogP contribution in [-0.2, 0) is 0 Å². The second kappa shape index (κ2) is 4.86. The molecule has 1 unspecified atom stereocenters. The van der Waals surface area contributed by atoms with Crippen LogP contribution in [-0.4, -0.2) is 16.7 Å². The van der Waals surface area contributed by atoms with Gasteiger partial charge in [-0.15, -0.1) is 0 Å². The molecule has 2 rings (SSSR count). The van der Waals surface area contributed by atoms with Gasteiger partial charge in [0, 0.05) is 17.5 Å². The minimum atomic E-state index is -0.669. The maximum Gasteiger partial charge on any atom is 0.125 e. The zero-order chi connectivity index (χ0) is 11.4. The number of nitrogens with one attached hydrogen (secondary N) is 1. The highest BCUT2D eigenvalue weighted by atomic mass is 16.5. The summed E-state index contributed by atoms with van der Waals surface area (Å²) in [7, 11) is 0. The molecule has 0 saturated heterocycles. The highest BCUT2D eigenvalue weighted by molar-refractivity contribution is 5.38. The van der Waals surface area contributed by atoms with E-state index in [0.717, 1.165) is 17.0 Å². The minimum absolute atomic E-state index is 0.592. The first-order valence-electron chi connectivity index (χ1n) is 5.36. The molecule has 0 aliphatic carbocycles. The molecule has 0 saturated carbocycles. The average molecular weight is 217 g/mol. The number of hydrogen-bond donors (Lipinski definition) is 2. The van der Waals surface area contributed by atoms with Crippen LogP contribution in [0.4, 0.5) is 0 Å². The number of aliphatic hydroxyl groups is 1. The summed E-state index contributed by atoms with van der Waals surface area (Å²) in [4.78, 5) is 3.00. The van der Waals surface area contributed by atoms with Gasteiger partial charge in [0.2, 0.25) is 0 Å². The maximum absolute atomic E-state index is 10.2. The molecular formula is C13H15NO2. The molecule has 0 aliphatic heterocycles. The third kappa shape index (κ3) is 2.09. The van der Waals surface area contributed by atoms with Crippen LogP contribution in [0.15, 0.2) is 42.6 Å². The quantitative estimate of drug-likeness (QED) is 0.826. The molecule has 84 valence electrons. The van der Waals surface area contributed by atoms with Crippen LogP contribution in [0, 0.1) is 0 Å². The number of aliphatic hydroxyl groups excluding tert-OH is 1. The Hall–Kier alpha value is -1.74. The molecule has 0 radical (unpaired) electrons. The summed E-state index contributed by atoms with van der Waals surface area (Å²) in [5.74, 6) is 0.729. The average Bonchev–Trinajstić information content (AvgIpc) is 2.83. The molecule has 16 heavy (non-hydrogen) atoms. The fraction of sp³-hybridized carbons (Fsp3) is 0.231. The van der Waals surface area contributed by atoms with Crippen LogP contribution >= 0.6 is 0 Å². The lowest BCUT2D eigenvalue weighted by Gasteiger charge is -2.14. The summed E-state index contributed by atoms with van der Waals surface area (Å²) < 4.78 is 5.48. The number of H-pyrrole nitrogens is 1. The van der Waals surface area contributed by atoms with E-state index in [2.05, 4.69) is 4.98 Å². The van der Waals surface area contributed by atoms with Gasteiger partial charge in [0.15, 0.2) is 0 Å². The summed E-state index contributed by atoms with van der Waals surface area (Å²) in [5.41, 5.74) is 1.55. The summed E-state index contributed by atoms with van der Waals surface area (Å²) in [5, 5.41) is 10.2. The van der Waals surface area contributed by atoms with Crippen molar-refractivity contribution in [3.63, 3.8) is 0 Å². The predicted octanol–water partition coefficient (Wildman–Crippen LogP) is 2.50. The van der Waals surface area contributed by atoms with Gasteiger partial charge in [0.05, 0.1) is 6.61 Å². The lowest BCUT2D eigenvalue weighted by Crippen LogP contribution is -2.04. The molecule has 0 aliphatic rings. The summed E-state index contributed by atoms with van der Waals surface area (Å²) in [6.07, 6.45) is 1.12. The van der Waals surface area contributed by atoms with Crippen molar-refractivity contribution in [3.8, 4) is 5.75 Å². The number of benzene rings is 1. The Morgan fingerprint density at radius 2 is 2.06 bits per heavy atom. The van der Waals surface area contributed by atoms with Gasteiger partial charge in [-0.3, -0.25) is 0 Å². The molecule has 2 aromatic rings. The normalized spacial score (nSPS) is 12.4. The van der Waals surface area contributed by atoms with E-state index in [0.29, 0.717) is 6.61 Å². The molecule has 0 amide bonds. The topological polar surface area (TPSA) is 45.2 Å². The summed E-state index contributed by atoms with van der Waals surface area (Å²) in [6.45, 7) is 2.52. The third-order valence-electron chi connectivity index (χ3n) is 2.43. The smallest absolute Gasteiger partial charge is 0.125 e. The van der Waals surface area contributed by atoms with E-state index in [9.17, 15) is 5.11 Å². The van der Waals surface area contributed by atoms with Crippen molar-refractivity contribution in [1.29, 1.82) is 0 Å². The number of ether oxygens (including phenoxy) is 1. The second-order valence-electron chi connectivity index (χ2n) is 3.50. The molecule has 3 heteroatoms. The van der Waals surface area contributed by atoms with Crippen molar-refractivity contribution in [2.24, 2.45) is 0 Å². The van der Waals surface area contributed by atoms with Crippen molar-refractivity contribution >= 4 is 0 Å². The highest BCUT2D eigenvalue weighted by Gasteiger charge is 2.15. The fourth-order valence-electron chi connectivity index (χ4n) is 1.68. The van der Waals surface area contributed by atoms with Gasteiger partial charge in [0.25, 0.3) is 0 Å². The largest absolute Gasteiger partial charge is 0.493 e. The van der Waals surface area contributed by atoms with Crippen LogP contribution in [0.3, 0.4) is 0 Å². The fourth-order valence-corrected chi connectivity index (χ4v) is 1.68. The number of aromatic amines is 1. The predicted molar refractivity (Wildman–Crippen MR) is 62.5 cm³/mol. The van der Waals surface area contributed by atoms with E-state index in [1.807, 2.05) is 43.3 Å². The van der Waals surface area contributed by atoms with E-state index in [-0.39, 0.29) is 0 Å². The Morgan fingerprint density at radius 3 is 2.75 bits per heavy atom. The van der Waals surface area contributed by atoms with Gasteiger partial charge in [0.1, 0.15) is 11.9 Å². The van der Waals surface area contributed by atoms with E-state index < -0.39 is 6.10 Å². The van der Waals surface area contributed by atoms with Crippen LogP contribution in [0.25, 0.3) is 0 Å². The van der Waals surface area contributed by atoms with Gasteiger partial charge in [-0.25, -0.2) is 0 Å². The first-order valence-corrected chi connectivity index (χ1v) is 5.36. The number of rotatable bonds is 4. The lowest BCUT2D eigenvalue weighted by molar-refractivity contribution is 0.208. The minimum Gasteiger partial charge on any atom is -0.493 e. The molecule has 2 N–H and O–H groups in total. The molecule has 0 spiro atoms. The van der Waals surface area contributed by atoms with Crippen LogP contribution in [0.1, 0.15) is 24.3 Å². The SMILES string of the molecule is CCOc1ccccc1C(O)c1ccc[nH]1. The second-order valence-corrected chi connectivity index (χ2v) is 3.50.